The highest BCUT2D eigenvalue weighted by molar-refractivity contribution is 5.95. The van der Waals surface area contributed by atoms with Crippen LogP contribution >= 0.6 is 0 Å². The molecule has 0 aromatic heterocycles. The Balaban J connectivity index is 1.80. The van der Waals surface area contributed by atoms with Gasteiger partial charge in [0.1, 0.15) is 12.4 Å². The lowest BCUT2D eigenvalue weighted by Crippen LogP contribution is -2.12. The number of nitrogens with one attached hydrogen (secondary N) is 1. The minimum Gasteiger partial charge on any atom is -0.489 e. The Labute approximate surface area is 170 Å². The highest BCUT2D eigenvalue weighted by atomic mass is 16.5. The number of rotatable bonds is 8. The van der Waals surface area contributed by atoms with Gasteiger partial charge in [-0.25, -0.2) is 4.79 Å². The van der Waals surface area contributed by atoms with E-state index in [1.54, 1.807) is 18.2 Å². The molecule has 0 saturated heterocycles. The van der Waals surface area contributed by atoms with Crippen LogP contribution < -0.4 is 10.1 Å². The normalized spacial score (nSPS) is 10.4. The van der Waals surface area contributed by atoms with E-state index in [9.17, 15) is 14.7 Å². The summed E-state index contributed by atoms with van der Waals surface area (Å²) in [5.74, 6) is -0.480. The van der Waals surface area contributed by atoms with Crippen molar-refractivity contribution in [1.82, 2.24) is 0 Å². The van der Waals surface area contributed by atoms with Crippen LogP contribution in [0.4, 0.5) is 5.69 Å². The molecule has 0 heterocycles. The number of hydrogen-bond donors (Lipinski definition) is 2. The molecule has 29 heavy (non-hydrogen) atoms. The number of anilines is 1. The van der Waals surface area contributed by atoms with Gasteiger partial charge in [-0.15, -0.1) is 0 Å². The molecule has 2 N–H and O–H groups in total. The fraction of sp³-hybridized carbons (Fsp3) is 0.167. The van der Waals surface area contributed by atoms with Gasteiger partial charge >= 0.3 is 5.97 Å². The molecular weight excluding hydrogens is 366 g/mol. The standard InChI is InChI=1S/C24H23NO4/c1-17(26)25-22-12-7-11-21(24(27)28)20(22)15-14-19-10-5-6-13-23(19)29-16-18-8-3-2-4-9-18/h2-13H,14-16H2,1H3,(H,25,26)(H,27,28). The average molecular weight is 389 g/mol. The van der Waals surface area contributed by atoms with Crippen molar-refractivity contribution in [1.29, 1.82) is 0 Å². The van der Waals surface area contributed by atoms with E-state index in [-0.39, 0.29) is 11.5 Å². The van der Waals surface area contributed by atoms with Crippen LogP contribution in [-0.2, 0) is 24.2 Å². The SMILES string of the molecule is CC(=O)Nc1cccc(C(=O)O)c1CCc1ccccc1OCc1ccccc1. The van der Waals surface area contributed by atoms with E-state index in [0.717, 1.165) is 16.9 Å². The quantitative estimate of drug-likeness (QED) is 0.585. The van der Waals surface area contributed by atoms with Crippen molar-refractivity contribution in [3.8, 4) is 5.75 Å². The van der Waals surface area contributed by atoms with E-state index in [1.165, 1.54) is 6.92 Å². The van der Waals surface area contributed by atoms with Gasteiger partial charge in [0.15, 0.2) is 0 Å². The predicted octanol–water partition coefficient (Wildman–Crippen LogP) is 4.71. The van der Waals surface area contributed by atoms with Gasteiger partial charge in [0, 0.05) is 12.6 Å². The fourth-order valence-corrected chi connectivity index (χ4v) is 3.21. The second-order valence-electron chi connectivity index (χ2n) is 6.70. The van der Waals surface area contributed by atoms with E-state index < -0.39 is 5.97 Å². The molecule has 3 rings (SSSR count). The summed E-state index contributed by atoms with van der Waals surface area (Å²) in [5, 5.41) is 12.3. The maximum Gasteiger partial charge on any atom is 0.336 e. The largest absolute Gasteiger partial charge is 0.489 e. The number of carboxylic acid groups (broad SMARTS) is 1. The molecule has 0 aliphatic rings. The topological polar surface area (TPSA) is 75.6 Å². The maximum absolute atomic E-state index is 11.7. The number of amides is 1. The van der Waals surface area contributed by atoms with Crippen LogP contribution in [0.1, 0.15) is 34.0 Å². The Morgan fingerprint density at radius 3 is 2.34 bits per heavy atom. The molecule has 0 atom stereocenters. The van der Waals surface area contributed by atoms with Crippen molar-refractivity contribution in [2.75, 3.05) is 5.32 Å². The van der Waals surface area contributed by atoms with Crippen LogP contribution in [0, 0.1) is 0 Å². The number of benzene rings is 3. The Hall–Kier alpha value is -3.60. The summed E-state index contributed by atoms with van der Waals surface area (Å²) in [7, 11) is 0. The molecule has 0 radical (unpaired) electrons. The maximum atomic E-state index is 11.7. The van der Waals surface area contributed by atoms with Crippen molar-refractivity contribution in [3.05, 3.63) is 95.1 Å². The van der Waals surface area contributed by atoms with Gasteiger partial charge in [-0.1, -0.05) is 54.6 Å². The van der Waals surface area contributed by atoms with Crippen LogP contribution in [0.25, 0.3) is 0 Å². The van der Waals surface area contributed by atoms with Crippen LogP contribution in [0.5, 0.6) is 5.75 Å². The second-order valence-corrected chi connectivity index (χ2v) is 6.70. The molecule has 0 saturated carbocycles. The third-order valence-corrected chi connectivity index (χ3v) is 4.57. The van der Waals surface area contributed by atoms with Crippen LogP contribution in [0.15, 0.2) is 72.8 Å². The van der Waals surface area contributed by atoms with Gasteiger partial charge in [-0.3, -0.25) is 4.79 Å². The molecule has 3 aromatic carbocycles. The minimum absolute atomic E-state index is 0.193. The lowest BCUT2D eigenvalue weighted by molar-refractivity contribution is -0.114. The number of carboxylic acids is 1. The van der Waals surface area contributed by atoms with Crippen molar-refractivity contribution in [2.24, 2.45) is 0 Å². The van der Waals surface area contributed by atoms with Gasteiger partial charge in [0.25, 0.3) is 0 Å². The second kappa shape index (κ2) is 9.55. The molecule has 0 fully saturated rings. The zero-order valence-electron chi connectivity index (χ0n) is 16.2. The number of carbonyl (C=O) groups is 2. The minimum atomic E-state index is -1.01. The average Bonchev–Trinajstić information content (AvgIpc) is 2.72. The number of hydrogen-bond acceptors (Lipinski definition) is 3. The third-order valence-electron chi connectivity index (χ3n) is 4.57. The summed E-state index contributed by atoms with van der Waals surface area (Å²) < 4.78 is 6.00. The van der Waals surface area contributed by atoms with Crippen molar-refractivity contribution >= 4 is 17.6 Å². The molecule has 0 bridgehead atoms. The van der Waals surface area contributed by atoms with E-state index in [0.29, 0.717) is 30.7 Å². The smallest absolute Gasteiger partial charge is 0.336 e. The lowest BCUT2D eigenvalue weighted by Gasteiger charge is -2.15. The van der Waals surface area contributed by atoms with Crippen molar-refractivity contribution in [3.63, 3.8) is 0 Å². The Bertz CT molecular complexity index is 999. The summed E-state index contributed by atoms with van der Waals surface area (Å²) in [4.78, 5) is 23.2. The first-order chi connectivity index (χ1) is 14.0. The molecule has 0 aliphatic carbocycles. The molecule has 0 aliphatic heterocycles. The first kappa shape index (κ1) is 20.1. The zero-order valence-corrected chi connectivity index (χ0v) is 16.2. The summed E-state index contributed by atoms with van der Waals surface area (Å²) in [6, 6.07) is 22.6. The number of carbonyl (C=O) groups excluding carboxylic acids is 1. The van der Waals surface area contributed by atoms with Gasteiger partial charge in [0.2, 0.25) is 5.91 Å². The molecule has 148 valence electrons. The fourth-order valence-electron chi connectivity index (χ4n) is 3.21. The molecule has 0 spiro atoms. The number of aromatic carboxylic acids is 1. The van der Waals surface area contributed by atoms with Gasteiger partial charge < -0.3 is 15.2 Å². The van der Waals surface area contributed by atoms with Gasteiger partial charge in [-0.2, -0.15) is 0 Å². The van der Waals surface area contributed by atoms with Crippen LogP contribution in [-0.4, -0.2) is 17.0 Å². The zero-order chi connectivity index (χ0) is 20.6. The summed E-state index contributed by atoms with van der Waals surface area (Å²) in [6.45, 7) is 1.87. The van der Waals surface area contributed by atoms with Gasteiger partial charge in [0.05, 0.1) is 5.56 Å². The van der Waals surface area contributed by atoms with E-state index in [2.05, 4.69) is 5.32 Å². The Morgan fingerprint density at radius 1 is 0.897 bits per heavy atom. The number of ether oxygens (including phenoxy) is 1. The molecule has 5 nitrogen and oxygen atoms in total. The van der Waals surface area contributed by atoms with Crippen molar-refractivity contribution < 1.29 is 19.4 Å². The predicted molar refractivity (Wildman–Crippen MR) is 112 cm³/mol. The van der Waals surface area contributed by atoms with E-state index >= 15 is 0 Å². The van der Waals surface area contributed by atoms with Crippen molar-refractivity contribution in [2.45, 2.75) is 26.4 Å². The monoisotopic (exact) mass is 389 g/mol. The summed E-state index contributed by atoms with van der Waals surface area (Å²) in [6.07, 6.45) is 1.05. The highest BCUT2D eigenvalue weighted by Crippen LogP contribution is 2.26. The Kier molecular flexibility index (Phi) is 6.63. The van der Waals surface area contributed by atoms with Crippen LogP contribution in [0.3, 0.4) is 0 Å². The lowest BCUT2D eigenvalue weighted by atomic mass is 9.97. The van der Waals surface area contributed by atoms with E-state index in [4.69, 9.17) is 4.74 Å². The molecule has 0 unspecified atom stereocenters. The molecular formula is C24H23NO4. The Morgan fingerprint density at radius 2 is 1.62 bits per heavy atom. The molecule has 3 aromatic rings. The first-order valence-corrected chi connectivity index (χ1v) is 9.42. The van der Waals surface area contributed by atoms with Crippen LogP contribution in [0.2, 0.25) is 0 Å². The highest BCUT2D eigenvalue weighted by Gasteiger charge is 2.15. The summed E-state index contributed by atoms with van der Waals surface area (Å²) >= 11 is 0. The molecule has 5 heteroatoms. The third kappa shape index (κ3) is 5.45. The van der Waals surface area contributed by atoms with Gasteiger partial charge in [-0.05, 0) is 47.7 Å². The summed E-state index contributed by atoms with van der Waals surface area (Å²) in [5.41, 5.74) is 3.39. The van der Waals surface area contributed by atoms with E-state index in [1.807, 2.05) is 54.6 Å². The number of aryl methyl sites for hydroxylation is 1. The molecule has 1 amide bonds. The number of para-hydroxylation sites is 1. The first-order valence-electron chi connectivity index (χ1n) is 9.42.